The molecular weight excluding hydrogens is 889 g/mol. The molecule has 366 valence electrons. The van der Waals surface area contributed by atoms with Crippen LogP contribution in [0.15, 0.2) is 158 Å². The van der Waals surface area contributed by atoms with E-state index in [1.165, 1.54) is 261 Å². The van der Waals surface area contributed by atoms with E-state index < -0.39 is 0 Å². The van der Waals surface area contributed by atoms with Gasteiger partial charge in [0.2, 0.25) is 0 Å². The molecule has 6 aliphatic rings. The Morgan fingerprint density at radius 3 is 0.757 bits per heavy atom. The number of benzene rings is 9. The summed E-state index contributed by atoms with van der Waals surface area (Å²) in [5.41, 5.74) is 28.0. The molecule has 0 amide bonds. The molecule has 0 heterocycles. The second-order valence-electron chi connectivity index (χ2n) is 23.9. The van der Waals surface area contributed by atoms with Gasteiger partial charge in [-0.25, -0.2) is 0 Å². The number of hydrogen-bond donors (Lipinski definition) is 0. The SMILES string of the molecule is c1ccc2c(-c3ccc(C4CCCCC4)cc3)c3c(c(-c4ccc(C5CCCCC5)cc4)c2c1)-c1ccc2c4c(ccc-3c14)-c1c(-c3ccc(C4CCCCC4)cc3)ccc(-c3ccc(C4CCCCC4)cc3)c1-2. The van der Waals surface area contributed by atoms with Crippen LogP contribution >= 0.6 is 0 Å². The van der Waals surface area contributed by atoms with Gasteiger partial charge >= 0.3 is 0 Å². The van der Waals surface area contributed by atoms with Crippen LogP contribution in [0.25, 0.3) is 111 Å². The molecule has 74 heavy (non-hydrogen) atoms. The second kappa shape index (κ2) is 18.7. The maximum atomic E-state index is 2.54. The lowest BCUT2D eigenvalue weighted by atomic mass is 9.80. The molecule has 15 rings (SSSR count). The Bertz CT molecular complexity index is 3340. The smallest absolute Gasteiger partial charge is 0.000740 e. The van der Waals surface area contributed by atoms with E-state index in [-0.39, 0.29) is 0 Å². The van der Waals surface area contributed by atoms with Crippen LogP contribution in [0.3, 0.4) is 0 Å². The summed E-state index contributed by atoms with van der Waals surface area (Å²) in [5.74, 6) is 2.74. The average molecular weight is 959 g/mol. The topological polar surface area (TPSA) is 0 Å². The zero-order valence-corrected chi connectivity index (χ0v) is 43.5. The molecule has 0 aliphatic heterocycles. The molecule has 6 aliphatic carbocycles. The second-order valence-corrected chi connectivity index (χ2v) is 23.9. The quantitative estimate of drug-likeness (QED) is 0.142. The van der Waals surface area contributed by atoms with Crippen LogP contribution in [0.4, 0.5) is 0 Å². The van der Waals surface area contributed by atoms with Crippen LogP contribution in [0.2, 0.25) is 0 Å². The Morgan fingerprint density at radius 2 is 0.459 bits per heavy atom. The van der Waals surface area contributed by atoms with Gasteiger partial charge in [-0.3, -0.25) is 0 Å². The first-order chi connectivity index (χ1) is 36.7. The van der Waals surface area contributed by atoms with Gasteiger partial charge in [0.05, 0.1) is 0 Å². The molecule has 0 N–H and O–H groups in total. The van der Waals surface area contributed by atoms with Gasteiger partial charge in [-0.2, -0.15) is 0 Å². The van der Waals surface area contributed by atoms with Crippen LogP contribution in [-0.4, -0.2) is 0 Å². The number of rotatable bonds is 8. The first-order valence-corrected chi connectivity index (χ1v) is 29.5. The predicted octanol–water partition coefficient (Wildman–Crippen LogP) is 22.1. The molecule has 0 aromatic heterocycles. The summed E-state index contributed by atoms with van der Waals surface area (Å²) in [6, 6.07) is 64.1. The molecule has 0 unspecified atom stereocenters. The Labute approximate surface area is 440 Å². The zero-order chi connectivity index (χ0) is 48.7. The highest BCUT2D eigenvalue weighted by Crippen LogP contribution is 2.63. The van der Waals surface area contributed by atoms with E-state index in [4.69, 9.17) is 0 Å². The van der Waals surface area contributed by atoms with Crippen molar-refractivity contribution in [2.24, 2.45) is 0 Å². The summed E-state index contributed by atoms with van der Waals surface area (Å²) < 4.78 is 0. The third-order valence-corrected chi connectivity index (χ3v) is 19.8. The van der Waals surface area contributed by atoms with Gasteiger partial charge in [0, 0.05) is 0 Å². The van der Waals surface area contributed by atoms with Crippen LogP contribution < -0.4 is 0 Å². The van der Waals surface area contributed by atoms with E-state index in [1.54, 1.807) is 0 Å². The molecule has 0 heteroatoms. The van der Waals surface area contributed by atoms with Gasteiger partial charge in [0.1, 0.15) is 0 Å². The summed E-state index contributed by atoms with van der Waals surface area (Å²) in [6.45, 7) is 0. The summed E-state index contributed by atoms with van der Waals surface area (Å²) in [6.07, 6.45) is 26.9. The van der Waals surface area contributed by atoms with Crippen molar-refractivity contribution in [2.75, 3.05) is 0 Å². The van der Waals surface area contributed by atoms with Crippen LogP contribution in [0.1, 0.15) is 174 Å². The standard InChI is InChI=1S/C74H70/c1-5-15-47(16-6-1)51-25-33-55(34-26-51)59-41-42-60(56-35-27-52(28-36-56)48-17-7-2-8-18-48)70-64-44-46-66-72-65(45-43-63(69(59)70)71(64)72)73-67(57-37-29-53(30-38-57)49-19-9-3-10-20-49)61-23-13-14-24-62(61)68(74(66)73)58-39-31-54(32-40-58)50-21-11-4-12-22-50/h13-14,23-50H,1-12,15-22H2. The lowest BCUT2D eigenvalue weighted by Gasteiger charge is -2.24. The maximum absolute atomic E-state index is 2.54. The van der Waals surface area contributed by atoms with E-state index in [9.17, 15) is 0 Å². The van der Waals surface area contributed by atoms with Crippen molar-refractivity contribution in [3.63, 3.8) is 0 Å². The first-order valence-electron chi connectivity index (χ1n) is 29.5. The van der Waals surface area contributed by atoms with Crippen molar-refractivity contribution in [3.8, 4) is 89.0 Å². The molecule has 0 bridgehead atoms. The molecule has 9 aromatic rings. The normalized spacial score (nSPS) is 18.1. The van der Waals surface area contributed by atoms with Crippen molar-refractivity contribution >= 4 is 21.5 Å². The minimum absolute atomic E-state index is 0.678. The third kappa shape index (κ3) is 7.43. The number of fused-ring (bicyclic) bond motifs is 7. The molecule has 4 saturated carbocycles. The highest BCUT2D eigenvalue weighted by Gasteiger charge is 2.36. The van der Waals surface area contributed by atoms with E-state index >= 15 is 0 Å². The van der Waals surface area contributed by atoms with Gasteiger partial charge in [0.25, 0.3) is 0 Å². The number of hydrogen-bond acceptors (Lipinski definition) is 0. The van der Waals surface area contributed by atoms with Crippen LogP contribution in [0.5, 0.6) is 0 Å². The Kier molecular flexibility index (Phi) is 11.4. The molecule has 0 spiro atoms. The first kappa shape index (κ1) is 44.9. The summed E-state index contributed by atoms with van der Waals surface area (Å²) in [7, 11) is 0. The third-order valence-electron chi connectivity index (χ3n) is 19.8. The van der Waals surface area contributed by atoms with Crippen LogP contribution in [0, 0.1) is 0 Å². The van der Waals surface area contributed by atoms with Crippen molar-refractivity contribution in [1.29, 1.82) is 0 Å². The van der Waals surface area contributed by atoms with Gasteiger partial charge in [-0.1, -0.05) is 235 Å². The fraction of sp³-hybridized carbons (Fsp3) is 0.324. The predicted molar refractivity (Wildman–Crippen MR) is 315 cm³/mol. The van der Waals surface area contributed by atoms with Gasteiger partial charge in [0.15, 0.2) is 0 Å². The van der Waals surface area contributed by atoms with Crippen molar-refractivity contribution in [1.82, 2.24) is 0 Å². The summed E-state index contributed by atoms with van der Waals surface area (Å²) in [5, 5.41) is 5.56. The highest BCUT2D eigenvalue weighted by atomic mass is 14.4. The molecule has 9 aromatic carbocycles. The largest absolute Gasteiger partial charge is 0.0616 e. The fourth-order valence-corrected chi connectivity index (χ4v) is 16.0. The Morgan fingerprint density at radius 1 is 0.203 bits per heavy atom. The highest BCUT2D eigenvalue weighted by molar-refractivity contribution is 6.33. The lowest BCUT2D eigenvalue weighted by molar-refractivity contribution is 0.443. The molecule has 0 radical (unpaired) electrons. The summed E-state index contributed by atoms with van der Waals surface area (Å²) in [4.78, 5) is 0. The minimum atomic E-state index is 0.678. The van der Waals surface area contributed by atoms with Gasteiger partial charge in [-0.15, -0.1) is 0 Å². The molecule has 0 atom stereocenters. The summed E-state index contributed by atoms with van der Waals surface area (Å²) >= 11 is 0. The van der Waals surface area contributed by atoms with E-state index in [1.807, 2.05) is 0 Å². The minimum Gasteiger partial charge on any atom is -0.0616 e. The Balaban J connectivity index is 0.949. The van der Waals surface area contributed by atoms with Crippen molar-refractivity contribution in [2.45, 2.75) is 152 Å². The zero-order valence-electron chi connectivity index (χ0n) is 43.5. The van der Waals surface area contributed by atoms with Crippen molar-refractivity contribution < 1.29 is 0 Å². The fourth-order valence-electron chi connectivity index (χ4n) is 16.0. The molecular formula is C74H70. The molecule has 0 saturated heterocycles. The monoisotopic (exact) mass is 959 g/mol. The van der Waals surface area contributed by atoms with Gasteiger partial charge < -0.3 is 0 Å². The average Bonchev–Trinajstić information content (AvgIpc) is 4.11. The Hall–Kier alpha value is -6.50. The van der Waals surface area contributed by atoms with E-state index in [0.717, 1.165) is 0 Å². The lowest BCUT2D eigenvalue weighted by Crippen LogP contribution is -2.04. The molecule has 4 fully saturated rings. The maximum Gasteiger partial charge on any atom is -0.000740 e. The molecule has 0 nitrogen and oxygen atoms in total. The van der Waals surface area contributed by atoms with E-state index in [0.29, 0.717) is 23.7 Å². The van der Waals surface area contributed by atoms with Gasteiger partial charge in [-0.05, 0) is 208 Å². The van der Waals surface area contributed by atoms with E-state index in [2.05, 4.69) is 158 Å². The van der Waals surface area contributed by atoms with Crippen molar-refractivity contribution in [3.05, 3.63) is 180 Å². The van der Waals surface area contributed by atoms with Crippen LogP contribution in [-0.2, 0) is 0 Å².